The van der Waals surface area contributed by atoms with E-state index in [0.29, 0.717) is 12.5 Å². The molecule has 0 aliphatic heterocycles. The molecule has 25 heavy (non-hydrogen) atoms. The summed E-state index contributed by atoms with van der Waals surface area (Å²) in [4.78, 5) is 16.6. The monoisotopic (exact) mass is 332 g/mol. The number of benzene rings is 1. The number of anilines is 1. The molecule has 1 aliphatic carbocycles. The third kappa shape index (κ3) is 3.45. The topological polar surface area (TPSA) is 59.8 Å². The number of nitrogens with one attached hydrogen (secondary N) is 1. The molecule has 0 bridgehead atoms. The number of amides is 1. The molecule has 1 amide bonds. The maximum atomic E-state index is 12.5. The van der Waals surface area contributed by atoms with E-state index in [0.717, 1.165) is 12.2 Å². The molecule has 3 aromatic rings. The average Bonchev–Trinajstić information content (AvgIpc) is 3.32. The number of rotatable bonds is 5. The van der Waals surface area contributed by atoms with Crippen LogP contribution in [0.4, 0.5) is 5.82 Å². The second-order valence-corrected chi connectivity index (χ2v) is 6.58. The molecule has 5 heteroatoms. The van der Waals surface area contributed by atoms with Crippen LogP contribution in [0.5, 0.6) is 0 Å². The first kappa shape index (κ1) is 15.6. The van der Waals surface area contributed by atoms with Crippen LogP contribution in [0.2, 0.25) is 0 Å². The van der Waals surface area contributed by atoms with Crippen molar-refractivity contribution in [1.29, 1.82) is 0 Å². The molecule has 4 rings (SSSR count). The number of hydrogen-bond donors (Lipinski definition) is 1. The lowest BCUT2D eigenvalue weighted by Gasteiger charge is -2.10. The van der Waals surface area contributed by atoms with Crippen LogP contribution < -0.4 is 5.32 Å². The van der Waals surface area contributed by atoms with Gasteiger partial charge >= 0.3 is 0 Å². The molecular formula is C20H20N4O. The number of aromatic nitrogens is 3. The fourth-order valence-electron chi connectivity index (χ4n) is 3.23. The molecule has 0 spiro atoms. The Morgan fingerprint density at radius 3 is 2.84 bits per heavy atom. The van der Waals surface area contributed by atoms with Gasteiger partial charge in [0.1, 0.15) is 5.82 Å². The van der Waals surface area contributed by atoms with E-state index < -0.39 is 0 Å². The Morgan fingerprint density at radius 2 is 2.04 bits per heavy atom. The maximum absolute atomic E-state index is 12.5. The molecule has 126 valence electrons. The summed E-state index contributed by atoms with van der Waals surface area (Å²) in [6, 6.07) is 14.1. The summed E-state index contributed by atoms with van der Waals surface area (Å²) >= 11 is 0. The number of carbonyl (C=O) groups is 1. The zero-order valence-corrected chi connectivity index (χ0v) is 14.1. The van der Waals surface area contributed by atoms with Gasteiger partial charge in [-0.15, -0.1) is 0 Å². The fourth-order valence-corrected chi connectivity index (χ4v) is 3.23. The molecule has 1 N–H and O–H groups in total. The summed E-state index contributed by atoms with van der Waals surface area (Å²) < 4.78 is 1.83. The molecular weight excluding hydrogens is 312 g/mol. The minimum absolute atomic E-state index is 0.0321. The predicted molar refractivity (Wildman–Crippen MR) is 96.2 cm³/mol. The highest BCUT2D eigenvalue weighted by molar-refractivity contribution is 5.94. The predicted octanol–water partition coefficient (Wildman–Crippen LogP) is 3.38. The number of hydrogen-bond acceptors (Lipinski definition) is 3. The number of pyridine rings is 1. The lowest BCUT2D eigenvalue weighted by Crippen LogP contribution is -2.18. The van der Waals surface area contributed by atoms with Crippen LogP contribution in [0, 0.1) is 12.8 Å². The molecule has 0 saturated heterocycles. The standard InChI is InChI=1S/C20H20N4O/c1-14-3-2-4-15(11-14)13-24-19(7-10-22-24)23-20(25)18-12-17(18)16-5-8-21-9-6-16/h2-11,17-18H,12-13H2,1H3,(H,23,25)/t17-,18+/m0/s1. The van der Waals surface area contributed by atoms with Crippen molar-refractivity contribution in [3.8, 4) is 0 Å². The minimum Gasteiger partial charge on any atom is -0.311 e. The zero-order valence-electron chi connectivity index (χ0n) is 14.1. The van der Waals surface area contributed by atoms with Crippen molar-refractivity contribution in [2.24, 2.45) is 5.92 Å². The van der Waals surface area contributed by atoms with Crippen molar-refractivity contribution in [2.75, 3.05) is 5.32 Å². The van der Waals surface area contributed by atoms with Gasteiger partial charge in [0, 0.05) is 24.4 Å². The average molecular weight is 332 g/mol. The fraction of sp³-hybridized carbons (Fsp3) is 0.250. The van der Waals surface area contributed by atoms with Crippen molar-refractivity contribution >= 4 is 11.7 Å². The summed E-state index contributed by atoms with van der Waals surface area (Å²) in [6.45, 7) is 2.71. The van der Waals surface area contributed by atoms with E-state index >= 15 is 0 Å². The molecule has 2 aromatic heterocycles. The van der Waals surface area contributed by atoms with Gasteiger partial charge in [0.25, 0.3) is 0 Å². The van der Waals surface area contributed by atoms with Crippen LogP contribution in [0.1, 0.15) is 29.0 Å². The second kappa shape index (κ2) is 6.51. The van der Waals surface area contributed by atoms with E-state index in [1.165, 1.54) is 16.7 Å². The summed E-state index contributed by atoms with van der Waals surface area (Å²) in [5.41, 5.74) is 3.57. The van der Waals surface area contributed by atoms with Crippen LogP contribution >= 0.6 is 0 Å². The van der Waals surface area contributed by atoms with Gasteiger partial charge in [-0.2, -0.15) is 5.10 Å². The minimum atomic E-state index is 0.0321. The number of carbonyl (C=O) groups excluding carboxylic acids is 1. The first-order chi connectivity index (χ1) is 12.2. The first-order valence-electron chi connectivity index (χ1n) is 8.49. The Morgan fingerprint density at radius 1 is 1.20 bits per heavy atom. The summed E-state index contributed by atoms with van der Waals surface area (Å²) in [5, 5.41) is 7.38. The first-order valence-corrected chi connectivity index (χ1v) is 8.49. The Balaban J connectivity index is 1.42. The molecule has 0 radical (unpaired) electrons. The molecule has 1 saturated carbocycles. The number of nitrogens with zero attached hydrogens (tertiary/aromatic N) is 3. The molecule has 5 nitrogen and oxygen atoms in total. The van der Waals surface area contributed by atoms with Crippen LogP contribution in [0.15, 0.2) is 61.1 Å². The van der Waals surface area contributed by atoms with Gasteiger partial charge in [0.05, 0.1) is 12.7 Å². The molecule has 1 aliphatic rings. The van der Waals surface area contributed by atoms with Crippen LogP contribution in [-0.4, -0.2) is 20.7 Å². The Hall–Kier alpha value is -2.95. The van der Waals surface area contributed by atoms with Crippen molar-refractivity contribution in [3.05, 3.63) is 77.7 Å². The number of aryl methyl sites for hydroxylation is 1. The summed E-state index contributed by atoms with van der Waals surface area (Å²) in [5.74, 6) is 1.14. The van der Waals surface area contributed by atoms with Crippen LogP contribution in [0.3, 0.4) is 0 Å². The van der Waals surface area contributed by atoms with Crippen molar-refractivity contribution in [2.45, 2.75) is 25.8 Å². The molecule has 2 heterocycles. The normalized spacial score (nSPS) is 18.8. The molecule has 1 fully saturated rings. The van der Waals surface area contributed by atoms with Crippen LogP contribution in [0.25, 0.3) is 0 Å². The van der Waals surface area contributed by atoms with Gasteiger partial charge in [-0.25, -0.2) is 4.68 Å². The van der Waals surface area contributed by atoms with Crippen molar-refractivity contribution in [1.82, 2.24) is 14.8 Å². The molecule has 2 atom stereocenters. The Kier molecular flexibility index (Phi) is 4.06. The van der Waals surface area contributed by atoms with Gasteiger partial charge in [-0.05, 0) is 42.5 Å². The van der Waals surface area contributed by atoms with Crippen LogP contribution in [-0.2, 0) is 11.3 Å². The van der Waals surface area contributed by atoms with Gasteiger partial charge < -0.3 is 5.32 Å². The highest BCUT2D eigenvalue weighted by Crippen LogP contribution is 2.47. The zero-order chi connectivity index (χ0) is 17.2. The van der Waals surface area contributed by atoms with E-state index in [2.05, 4.69) is 40.5 Å². The van der Waals surface area contributed by atoms with E-state index in [9.17, 15) is 4.79 Å². The Bertz CT molecular complexity index is 887. The van der Waals surface area contributed by atoms with E-state index in [4.69, 9.17) is 0 Å². The third-order valence-corrected chi connectivity index (χ3v) is 4.64. The van der Waals surface area contributed by atoms with Gasteiger partial charge in [-0.3, -0.25) is 9.78 Å². The smallest absolute Gasteiger partial charge is 0.229 e. The second-order valence-electron chi connectivity index (χ2n) is 6.58. The molecule has 0 unspecified atom stereocenters. The SMILES string of the molecule is Cc1cccc(Cn2nccc2NC(=O)[C@@H]2C[C@H]2c2ccncc2)c1. The lowest BCUT2D eigenvalue weighted by atomic mass is 10.1. The Labute approximate surface area is 146 Å². The molecule has 1 aromatic carbocycles. The van der Waals surface area contributed by atoms with Crippen molar-refractivity contribution < 1.29 is 4.79 Å². The highest BCUT2D eigenvalue weighted by Gasteiger charge is 2.44. The lowest BCUT2D eigenvalue weighted by molar-refractivity contribution is -0.117. The van der Waals surface area contributed by atoms with Crippen molar-refractivity contribution in [3.63, 3.8) is 0 Å². The summed E-state index contributed by atoms with van der Waals surface area (Å²) in [7, 11) is 0. The van der Waals surface area contributed by atoms with Gasteiger partial charge in [0.2, 0.25) is 5.91 Å². The summed E-state index contributed by atoms with van der Waals surface area (Å²) in [6.07, 6.45) is 6.17. The van der Waals surface area contributed by atoms with E-state index in [-0.39, 0.29) is 11.8 Å². The van der Waals surface area contributed by atoms with E-state index in [1.54, 1.807) is 18.6 Å². The van der Waals surface area contributed by atoms with Gasteiger partial charge in [0.15, 0.2) is 0 Å². The maximum Gasteiger partial charge on any atom is 0.229 e. The quantitative estimate of drug-likeness (QED) is 0.779. The largest absolute Gasteiger partial charge is 0.311 e. The van der Waals surface area contributed by atoms with Gasteiger partial charge in [-0.1, -0.05) is 29.8 Å². The van der Waals surface area contributed by atoms with E-state index in [1.807, 2.05) is 28.9 Å². The highest BCUT2D eigenvalue weighted by atomic mass is 16.2. The third-order valence-electron chi connectivity index (χ3n) is 4.64.